The first kappa shape index (κ1) is 19.4. The number of hydrogen-bond donors (Lipinski definition) is 2. The molecule has 1 aromatic heterocycles. The Morgan fingerprint density at radius 3 is 2.70 bits per heavy atom. The molecule has 1 aromatic carbocycles. The van der Waals surface area contributed by atoms with Crippen molar-refractivity contribution in [2.75, 3.05) is 11.9 Å². The molecule has 1 amide bonds. The van der Waals surface area contributed by atoms with E-state index in [1.165, 1.54) is 11.3 Å². The number of hydrogen-bond acceptors (Lipinski definition) is 4. The molecule has 0 saturated carbocycles. The molecule has 1 aliphatic heterocycles. The number of aryl methyl sites for hydroxylation is 1. The van der Waals surface area contributed by atoms with Crippen LogP contribution in [0.1, 0.15) is 49.3 Å². The van der Waals surface area contributed by atoms with E-state index < -0.39 is 0 Å². The number of nitriles is 1. The van der Waals surface area contributed by atoms with Gasteiger partial charge >= 0.3 is 0 Å². The average Bonchev–Trinajstić information content (AvgIpc) is 2.90. The average molecular weight is 385 g/mol. The lowest BCUT2D eigenvalue weighted by Crippen LogP contribution is -3.03. The maximum atomic E-state index is 12.4. The smallest absolute Gasteiger partial charge is 0.262 e. The number of para-hydroxylation sites is 1. The molecular weight excluding hydrogens is 358 g/mol. The Morgan fingerprint density at radius 2 is 2.04 bits per heavy atom. The first-order valence-corrected chi connectivity index (χ1v) is 9.86. The van der Waals surface area contributed by atoms with Crippen molar-refractivity contribution >= 4 is 22.2 Å². The predicted molar refractivity (Wildman–Crippen MR) is 107 cm³/mol. The molecule has 0 bridgehead atoms. The van der Waals surface area contributed by atoms with E-state index in [-0.39, 0.29) is 23.6 Å². The van der Waals surface area contributed by atoms with Crippen molar-refractivity contribution < 1.29 is 14.8 Å². The Hall–Kier alpha value is -2.36. The number of thiophene rings is 1. The minimum Gasteiger partial charge on any atom is -0.483 e. The van der Waals surface area contributed by atoms with Gasteiger partial charge in [-0.3, -0.25) is 4.79 Å². The molecule has 27 heavy (non-hydrogen) atoms. The number of fused-ring (bicyclic) bond motifs is 1. The van der Waals surface area contributed by atoms with Gasteiger partial charge in [-0.2, -0.15) is 5.26 Å². The van der Waals surface area contributed by atoms with Crippen LogP contribution in [0.3, 0.4) is 0 Å². The number of carbonyl (C=O) groups excluding carboxylic acids is 1. The monoisotopic (exact) mass is 384 g/mol. The molecule has 6 heteroatoms. The number of nitrogens with one attached hydrogen (secondary N) is 1. The fourth-order valence-corrected chi connectivity index (χ4v) is 5.19. The Bertz CT molecular complexity index is 922. The van der Waals surface area contributed by atoms with Gasteiger partial charge in [-0.05, 0) is 51.8 Å². The van der Waals surface area contributed by atoms with Gasteiger partial charge in [0.25, 0.3) is 5.91 Å². The van der Waals surface area contributed by atoms with Gasteiger partial charge in [0.05, 0.1) is 16.0 Å². The van der Waals surface area contributed by atoms with Gasteiger partial charge in [0.1, 0.15) is 22.4 Å². The summed E-state index contributed by atoms with van der Waals surface area (Å²) in [5.41, 5.74) is 2.52. The van der Waals surface area contributed by atoms with Crippen molar-refractivity contribution in [2.24, 2.45) is 0 Å². The molecule has 3 N–H and O–H groups in total. The van der Waals surface area contributed by atoms with Gasteiger partial charge in [0.2, 0.25) is 0 Å². The van der Waals surface area contributed by atoms with Crippen molar-refractivity contribution in [2.45, 2.75) is 52.1 Å². The van der Waals surface area contributed by atoms with Crippen molar-refractivity contribution in [3.8, 4) is 11.8 Å². The second-order valence-corrected chi connectivity index (χ2v) is 9.38. The van der Waals surface area contributed by atoms with E-state index in [1.54, 1.807) is 0 Å². The van der Waals surface area contributed by atoms with E-state index in [0.717, 1.165) is 22.4 Å². The van der Waals surface area contributed by atoms with Gasteiger partial charge in [-0.25, -0.2) is 0 Å². The van der Waals surface area contributed by atoms with E-state index in [1.807, 2.05) is 31.2 Å². The van der Waals surface area contributed by atoms with Crippen LogP contribution in [0.5, 0.6) is 5.75 Å². The third-order valence-corrected chi connectivity index (χ3v) is 6.28. The molecule has 0 saturated heterocycles. The normalized spacial score (nSPS) is 16.9. The topological polar surface area (TPSA) is 78.7 Å². The van der Waals surface area contributed by atoms with Crippen LogP contribution in [0.4, 0.5) is 5.00 Å². The number of nitrogens with zero attached hydrogens (tertiary/aromatic N) is 1. The fourth-order valence-electron chi connectivity index (χ4n) is 3.93. The van der Waals surface area contributed by atoms with Gasteiger partial charge < -0.3 is 15.4 Å². The van der Waals surface area contributed by atoms with Gasteiger partial charge in [0, 0.05) is 6.42 Å². The number of quaternary nitrogens is 1. The number of amides is 1. The van der Waals surface area contributed by atoms with Crippen molar-refractivity contribution in [3.05, 3.63) is 45.8 Å². The Kier molecular flexibility index (Phi) is 5.02. The Morgan fingerprint density at radius 1 is 1.33 bits per heavy atom. The number of rotatable bonds is 4. The van der Waals surface area contributed by atoms with Crippen LogP contribution in [0, 0.1) is 18.3 Å². The molecule has 0 atom stereocenters. The first-order valence-electron chi connectivity index (χ1n) is 9.04. The van der Waals surface area contributed by atoms with Crippen molar-refractivity contribution in [1.82, 2.24) is 0 Å². The molecule has 0 aliphatic carbocycles. The Balaban J connectivity index is 1.80. The van der Waals surface area contributed by atoms with Crippen molar-refractivity contribution in [3.63, 3.8) is 0 Å². The fraction of sp³-hybridized carbons (Fsp3) is 0.429. The van der Waals surface area contributed by atoms with Crippen molar-refractivity contribution in [1.29, 1.82) is 5.26 Å². The highest BCUT2D eigenvalue weighted by molar-refractivity contribution is 7.16. The summed E-state index contributed by atoms with van der Waals surface area (Å²) in [6.07, 6.45) is 0.806. The minimum absolute atomic E-state index is 0.0123. The molecule has 2 aromatic rings. The van der Waals surface area contributed by atoms with Gasteiger partial charge in [-0.1, -0.05) is 18.2 Å². The lowest BCUT2D eigenvalue weighted by atomic mass is 9.81. The van der Waals surface area contributed by atoms with Crippen LogP contribution in [-0.2, 0) is 16.8 Å². The van der Waals surface area contributed by atoms with Crippen LogP contribution in [0.15, 0.2) is 24.3 Å². The summed E-state index contributed by atoms with van der Waals surface area (Å²) >= 11 is 1.51. The number of ether oxygens (including phenoxy) is 1. The predicted octanol–water partition coefficient (Wildman–Crippen LogP) is 3.08. The SMILES string of the molecule is Cc1ccccc1OCC(=O)Nc1sc2c(c1C#N)CC(C)(C)[NH2+]C2(C)C. The van der Waals surface area contributed by atoms with E-state index in [4.69, 9.17) is 4.74 Å². The molecule has 142 valence electrons. The highest BCUT2D eigenvalue weighted by Crippen LogP contribution is 2.41. The van der Waals surface area contributed by atoms with Crippen LogP contribution in [0.2, 0.25) is 0 Å². The largest absolute Gasteiger partial charge is 0.483 e. The van der Waals surface area contributed by atoms with Gasteiger partial charge in [0.15, 0.2) is 6.61 Å². The number of carbonyl (C=O) groups is 1. The third-order valence-electron chi connectivity index (χ3n) is 4.79. The lowest BCUT2D eigenvalue weighted by Gasteiger charge is -2.38. The van der Waals surface area contributed by atoms with E-state index in [2.05, 4.69) is 44.4 Å². The molecule has 3 rings (SSSR count). The lowest BCUT2D eigenvalue weighted by molar-refractivity contribution is -0.789. The van der Waals surface area contributed by atoms with Crippen LogP contribution >= 0.6 is 11.3 Å². The highest BCUT2D eigenvalue weighted by Gasteiger charge is 2.44. The standard InChI is InChI=1S/C21H25N3O2S/c1-13-8-6-7-9-16(13)26-12-17(25)23-19-15(11-22)14-10-20(2,3)24-21(4,5)18(14)27-19/h6-9,24H,10,12H2,1-5H3,(H,23,25)/p+1. The van der Waals surface area contributed by atoms with Crippen LogP contribution in [0.25, 0.3) is 0 Å². The zero-order valence-electron chi connectivity index (χ0n) is 16.5. The molecule has 5 nitrogen and oxygen atoms in total. The second-order valence-electron chi connectivity index (χ2n) is 8.36. The summed E-state index contributed by atoms with van der Waals surface area (Å²) in [7, 11) is 0. The Labute approximate surface area is 164 Å². The number of benzene rings is 1. The molecule has 0 fully saturated rings. The second kappa shape index (κ2) is 6.99. The summed E-state index contributed by atoms with van der Waals surface area (Å²) in [5, 5.41) is 15.6. The van der Waals surface area contributed by atoms with E-state index in [0.29, 0.717) is 16.3 Å². The summed E-state index contributed by atoms with van der Waals surface area (Å²) in [4.78, 5) is 13.6. The summed E-state index contributed by atoms with van der Waals surface area (Å²) in [6.45, 7) is 10.6. The summed E-state index contributed by atoms with van der Waals surface area (Å²) in [6, 6.07) is 9.89. The zero-order chi connectivity index (χ0) is 19.8. The maximum Gasteiger partial charge on any atom is 0.262 e. The maximum absolute atomic E-state index is 12.4. The van der Waals surface area contributed by atoms with Gasteiger partial charge in [-0.15, -0.1) is 11.3 Å². The van der Waals surface area contributed by atoms with Crippen LogP contribution < -0.4 is 15.4 Å². The summed E-state index contributed by atoms with van der Waals surface area (Å²) in [5.74, 6) is 0.436. The molecule has 0 radical (unpaired) electrons. The molecular formula is C21H26N3O2S+. The van der Waals surface area contributed by atoms with E-state index in [9.17, 15) is 10.1 Å². The number of nitrogens with two attached hydrogens (primary N) is 1. The highest BCUT2D eigenvalue weighted by atomic mass is 32.1. The first-order chi connectivity index (χ1) is 12.6. The summed E-state index contributed by atoms with van der Waals surface area (Å²) < 4.78 is 5.62. The van der Waals surface area contributed by atoms with Crippen LogP contribution in [-0.4, -0.2) is 18.1 Å². The third kappa shape index (κ3) is 4.00. The zero-order valence-corrected chi connectivity index (χ0v) is 17.3. The molecule has 0 unspecified atom stereocenters. The molecule has 0 spiro atoms. The molecule has 2 heterocycles. The minimum atomic E-state index is -0.255. The molecule has 1 aliphatic rings. The quantitative estimate of drug-likeness (QED) is 0.850. The van der Waals surface area contributed by atoms with E-state index >= 15 is 0 Å². The number of anilines is 1.